The summed E-state index contributed by atoms with van der Waals surface area (Å²) in [7, 11) is 2.11. The van der Waals surface area contributed by atoms with E-state index in [0.29, 0.717) is 6.04 Å². The molecule has 1 aromatic rings. The first-order valence-electron chi connectivity index (χ1n) is 9.92. The number of hydrogen-bond donors (Lipinski definition) is 2. The van der Waals surface area contributed by atoms with E-state index in [1.54, 1.807) is 0 Å². The van der Waals surface area contributed by atoms with Crippen molar-refractivity contribution < 1.29 is 10.2 Å². The van der Waals surface area contributed by atoms with Gasteiger partial charge in [0.2, 0.25) is 0 Å². The van der Waals surface area contributed by atoms with E-state index >= 15 is 0 Å². The second kappa shape index (κ2) is 4.99. The summed E-state index contributed by atoms with van der Waals surface area (Å²) in [5.74, 6) is 0. The van der Waals surface area contributed by atoms with Crippen LogP contribution in [0, 0.1) is 5.41 Å². The molecule has 0 amide bonds. The van der Waals surface area contributed by atoms with Gasteiger partial charge in [-0.1, -0.05) is 25.1 Å². The minimum Gasteiger partial charge on any atom is -0.393 e. The van der Waals surface area contributed by atoms with E-state index in [9.17, 15) is 10.2 Å². The van der Waals surface area contributed by atoms with E-state index in [2.05, 4.69) is 48.0 Å². The van der Waals surface area contributed by atoms with Crippen molar-refractivity contribution in [2.75, 3.05) is 31.6 Å². The molecule has 5 rings (SSSR count). The second-order valence-electron chi connectivity index (χ2n) is 9.02. The number of para-hydroxylation sites is 1. The van der Waals surface area contributed by atoms with Crippen LogP contribution in [-0.4, -0.2) is 59.5 Å². The maximum Gasteiger partial charge on any atom is 0.109 e. The molecule has 4 aliphatic rings. The van der Waals surface area contributed by atoms with Crippen molar-refractivity contribution in [2.24, 2.45) is 5.41 Å². The second-order valence-corrected chi connectivity index (χ2v) is 9.02. The van der Waals surface area contributed by atoms with Crippen LogP contribution in [0.3, 0.4) is 0 Å². The van der Waals surface area contributed by atoms with Gasteiger partial charge in [0.15, 0.2) is 0 Å². The van der Waals surface area contributed by atoms with Crippen LogP contribution in [0.1, 0.15) is 44.6 Å². The number of hydrogen-bond acceptors (Lipinski definition) is 4. The third kappa shape index (κ3) is 1.69. The Labute approximate surface area is 150 Å². The number of rotatable bonds is 2. The first-order valence-corrected chi connectivity index (χ1v) is 9.92. The Kier molecular flexibility index (Phi) is 3.22. The van der Waals surface area contributed by atoms with E-state index in [-0.39, 0.29) is 23.5 Å². The minimum atomic E-state index is -1.03. The SMILES string of the molecule is CC[C@@]12CCCN3CC[C@]4(c5ccccc5N(C)[C@@H]4C(O)(CO)C1)[C@H]32. The maximum atomic E-state index is 11.7. The highest BCUT2D eigenvalue weighted by Crippen LogP contribution is 2.67. The Bertz CT molecular complexity index is 709. The fraction of sp³-hybridized carbons (Fsp3) is 0.714. The number of likely N-dealkylation sites (N-methyl/N-ethyl adjacent to an activating group) is 1. The van der Waals surface area contributed by atoms with Crippen LogP contribution >= 0.6 is 0 Å². The lowest BCUT2D eigenvalue weighted by Crippen LogP contribution is -2.74. The molecule has 0 aromatic heterocycles. The maximum absolute atomic E-state index is 11.7. The number of fused-ring (bicyclic) bond motifs is 1. The zero-order chi connectivity index (χ0) is 17.4. The third-order valence-electron chi connectivity index (χ3n) is 8.17. The van der Waals surface area contributed by atoms with Gasteiger partial charge < -0.3 is 15.1 Å². The minimum absolute atomic E-state index is 0.0322. The van der Waals surface area contributed by atoms with Gasteiger partial charge >= 0.3 is 0 Å². The molecule has 3 fully saturated rings. The highest BCUT2D eigenvalue weighted by atomic mass is 16.3. The monoisotopic (exact) mass is 342 g/mol. The number of piperidine rings is 1. The van der Waals surface area contributed by atoms with Crippen molar-refractivity contribution in [2.45, 2.75) is 62.1 Å². The lowest BCUT2D eigenvalue weighted by atomic mass is 9.48. The van der Waals surface area contributed by atoms with Crippen molar-refractivity contribution in [3.05, 3.63) is 29.8 Å². The predicted molar refractivity (Wildman–Crippen MR) is 98.9 cm³/mol. The van der Waals surface area contributed by atoms with Crippen molar-refractivity contribution in [1.29, 1.82) is 0 Å². The molecule has 3 aliphatic heterocycles. The lowest BCUT2D eigenvalue weighted by Gasteiger charge is -2.63. The molecule has 5 atom stereocenters. The molecule has 2 saturated heterocycles. The largest absolute Gasteiger partial charge is 0.393 e. The molecule has 0 bridgehead atoms. The van der Waals surface area contributed by atoms with Gasteiger partial charge in [0, 0.05) is 24.2 Å². The molecule has 136 valence electrons. The Hall–Kier alpha value is -1.10. The molecule has 1 spiro atoms. The van der Waals surface area contributed by atoms with Gasteiger partial charge in [-0.3, -0.25) is 4.90 Å². The van der Waals surface area contributed by atoms with Gasteiger partial charge in [-0.25, -0.2) is 0 Å². The Morgan fingerprint density at radius 3 is 2.72 bits per heavy atom. The number of anilines is 1. The summed E-state index contributed by atoms with van der Waals surface area (Å²) in [6.07, 6.45) is 5.28. The molecule has 1 unspecified atom stereocenters. The molecule has 3 heterocycles. The van der Waals surface area contributed by atoms with Crippen LogP contribution in [0.15, 0.2) is 24.3 Å². The van der Waals surface area contributed by atoms with E-state index in [1.165, 1.54) is 30.6 Å². The Morgan fingerprint density at radius 2 is 1.96 bits per heavy atom. The summed E-state index contributed by atoms with van der Waals surface area (Å²) in [5.41, 5.74) is 1.67. The number of benzene rings is 1. The van der Waals surface area contributed by atoms with Crippen molar-refractivity contribution >= 4 is 5.69 Å². The highest BCUT2D eigenvalue weighted by molar-refractivity contribution is 5.67. The number of nitrogens with zero attached hydrogens (tertiary/aromatic N) is 2. The van der Waals surface area contributed by atoms with Crippen LogP contribution in [0.4, 0.5) is 5.69 Å². The zero-order valence-electron chi connectivity index (χ0n) is 15.4. The molecule has 25 heavy (non-hydrogen) atoms. The van der Waals surface area contributed by atoms with E-state index in [1.807, 2.05) is 0 Å². The molecule has 1 aliphatic carbocycles. The molecule has 1 aromatic carbocycles. The van der Waals surface area contributed by atoms with Gasteiger partial charge in [0.25, 0.3) is 0 Å². The number of aliphatic hydroxyl groups excluding tert-OH is 1. The first kappa shape index (κ1) is 16.1. The predicted octanol–water partition coefficient (Wildman–Crippen LogP) is 2.13. The van der Waals surface area contributed by atoms with Crippen molar-refractivity contribution in [3.8, 4) is 0 Å². The standard InChI is InChI=1S/C21H30N2O2/c1-3-19-9-6-11-23-12-10-21(17(19)23)15-7-4-5-8-16(15)22(2)18(21)20(25,13-19)14-24/h4-5,7-8,17-18,24-25H,3,6,9-14H2,1-2H3/t17-,18-,19-,20?,21+/m1/s1. The van der Waals surface area contributed by atoms with Gasteiger partial charge in [-0.15, -0.1) is 0 Å². The topological polar surface area (TPSA) is 46.9 Å². The average molecular weight is 342 g/mol. The molecular formula is C21H30N2O2. The highest BCUT2D eigenvalue weighted by Gasteiger charge is 2.73. The van der Waals surface area contributed by atoms with E-state index in [4.69, 9.17) is 0 Å². The summed E-state index contributed by atoms with van der Waals surface area (Å²) in [5, 5.41) is 22.1. The van der Waals surface area contributed by atoms with Crippen molar-refractivity contribution in [1.82, 2.24) is 4.90 Å². The van der Waals surface area contributed by atoms with Crippen LogP contribution in [0.5, 0.6) is 0 Å². The van der Waals surface area contributed by atoms with Crippen LogP contribution < -0.4 is 4.90 Å². The summed E-state index contributed by atoms with van der Waals surface area (Å²) in [6.45, 7) is 4.45. The van der Waals surface area contributed by atoms with Crippen molar-refractivity contribution in [3.63, 3.8) is 0 Å². The summed E-state index contributed by atoms with van der Waals surface area (Å²) >= 11 is 0. The molecule has 1 saturated carbocycles. The Morgan fingerprint density at radius 1 is 1.16 bits per heavy atom. The molecule has 2 N–H and O–H groups in total. The van der Waals surface area contributed by atoms with E-state index in [0.717, 1.165) is 25.8 Å². The van der Waals surface area contributed by atoms with Gasteiger partial charge in [-0.05, 0) is 62.2 Å². The summed E-state index contributed by atoms with van der Waals surface area (Å²) < 4.78 is 0. The molecule has 0 radical (unpaired) electrons. The quantitative estimate of drug-likeness (QED) is 0.864. The fourth-order valence-corrected chi connectivity index (χ4v) is 7.61. The smallest absolute Gasteiger partial charge is 0.109 e. The van der Waals surface area contributed by atoms with E-state index < -0.39 is 5.60 Å². The first-order chi connectivity index (χ1) is 12.0. The fourth-order valence-electron chi connectivity index (χ4n) is 7.61. The van der Waals surface area contributed by atoms with Gasteiger partial charge in [0.1, 0.15) is 5.60 Å². The molecule has 4 nitrogen and oxygen atoms in total. The normalized spacial score (nSPS) is 45.2. The van der Waals surface area contributed by atoms with Gasteiger partial charge in [-0.2, -0.15) is 0 Å². The Balaban J connectivity index is 1.80. The number of aliphatic hydroxyl groups is 2. The third-order valence-corrected chi connectivity index (χ3v) is 8.17. The summed E-state index contributed by atoms with van der Waals surface area (Å²) in [4.78, 5) is 5.00. The zero-order valence-corrected chi connectivity index (χ0v) is 15.4. The lowest BCUT2D eigenvalue weighted by molar-refractivity contribution is -0.156. The summed E-state index contributed by atoms with van der Waals surface area (Å²) in [6, 6.07) is 9.18. The molecule has 4 heteroatoms. The molecular weight excluding hydrogens is 312 g/mol. The van der Waals surface area contributed by atoms with Gasteiger partial charge in [0.05, 0.1) is 12.6 Å². The van der Waals surface area contributed by atoms with Crippen LogP contribution in [-0.2, 0) is 5.41 Å². The van der Waals surface area contributed by atoms with Crippen LogP contribution in [0.2, 0.25) is 0 Å². The van der Waals surface area contributed by atoms with Crippen LogP contribution in [0.25, 0.3) is 0 Å². The average Bonchev–Trinajstić information content (AvgIpc) is 3.15.